The molecule has 172 valence electrons. The van der Waals surface area contributed by atoms with Gasteiger partial charge in [0.2, 0.25) is 0 Å². The molecule has 0 atom stereocenters. The molecule has 0 saturated heterocycles. The molecule has 0 aliphatic rings. The van der Waals surface area contributed by atoms with Gasteiger partial charge in [-0.05, 0) is 48.5 Å². The summed E-state index contributed by atoms with van der Waals surface area (Å²) >= 11 is 15.2. The van der Waals surface area contributed by atoms with Crippen LogP contribution in [-0.4, -0.2) is 50.0 Å². The molecule has 0 spiro atoms. The van der Waals surface area contributed by atoms with Crippen LogP contribution in [0.1, 0.15) is 0 Å². The number of rotatable bonds is 2. The van der Waals surface area contributed by atoms with E-state index in [0.29, 0.717) is 44.0 Å². The van der Waals surface area contributed by atoms with Gasteiger partial charge in [-0.15, -0.1) is 53.3 Å². The molecule has 6 heterocycles. The molecule has 14 heteroatoms. The Morgan fingerprint density at radius 3 is 1.44 bits per heavy atom. The van der Waals surface area contributed by atoms with E-state index in [1.54, 1.807) is 56.0 Å². The van der Waals surface area contributed by atoms with E-state index in [2.05, 4.69) is 41.0 Å². The smallest absolute Gasteiger partial charge is 0.173 e. The van der Waals surface area contributed by atoms with Gasteiger partial charge in [0.15, 0.2) is 22.9 Å². The second-order valence-electron chi connectivity index (χ2n) is 7.93. The molecule has 36 heavy (non-hydrogen) atoms. The summed E-state index contributed by atoms with van der Waals surface area (Å²) in [5, 5.41) is 37.6. The Bertz CT molecular complexity index is 1980. The third-order valence-corrected chi connectivity index (χ3v) is 8.80. The van der Waals surface area contributed by atoms with Crippen LogP contribution in [-0.2, 0) is 0 Å². The number of thiophene rings is 2. The number of hydrogen-bond donors (Lipinski definition) is 0. The fourth-order valence-corrected chi connectivity index (χ4v) is 6.98. The van der Waals surface area contributed by atoms with Crippen molar-refractivity contribution in [2.75, 3.05) is 0 Å². The number of aromatic nitrogens is 10. The van der Waals surface area contributed by atoms with Crippen LogP contribution >= 0.6 is 45.9 Å². The molecule has 0 radical (unpaired) electrons. The molecule has 2 aromatic carbocycles. The van der Waals surface area contributed by atoms with Crippen molar-refractivity contribution in [2.24, 2.45) is 0 Å². The predicted molar refractivity (Wildman–Crippen MR) is 140 cm³/mol. The van der Waals surface area contributed by atoms with Gasteiger partial charge in [0, 0.05) is 21.2 Å². The monoisotopic (exact) mass is 546 g/mol. The summed E-state index contributed by atoms with van der Waals surface area (Å²) in [5.74, 6) is 1.19. The maximum absolute atomic E-state index is 6.03. The largest absolute Gasteiger partial charge is 0.199 e. The lowest BCUT2D eigenvalue weighted by molar-refractivity contribution is 0.830. The van der Waals surface area contributed by atoms with E-state index in [4.69, 9.17) is 23.2 Å². The quantitative estimate of drug-likeness (QED) is 0.276. The van der Waals surface area contributed by atoms with Crippen LogP contribution in [0, 0.1) is 0 Å². The van der Waals surface area contributed by atoms with Gasteiger partial charge in [0.05, 0.1) is 9.40 Å². The highest BCUT2D eigenvalue weighted by Gasteiger charge is 2.23. The Kier molecular flexibility index (Phi) is 4.15. The third-order valence-electron chi connectivity index (χ3n) is 5.86. The number of fused-ring (bicyclic) bond motifs is 9. The summed E-state index contributed by atoms with van der Waals surface area (Å²) in [6.45, 7) is 0. The number of nitrogens with zero attached hydrogens (tertiary/aromatic N) is 10. The summed E-state index contributed by atoms with van der Waals surface area (Å²) in [6, 6.07) is 14.7. The highest BCUT2D eigenvalue weighted by atomic mass is 35.5. The Balaban J connectivity index is 1.34. The summed E-state index contributed by atoms with van der Waals surface area (Å²) in [5.41, 5.74) is 4.38. The van der Waals surface area contributed by atoms with Crippen molar-refractivity contribution in [3.05, 3.63) is 58.6 Å². The molecule has 8 rings (SSSR count). The average molecular weight is 547 g/mol. The first-order chi connectivity index (χ1) is 17.7. The average Bonchev–Trinajstić information content (AvgIpc) is 3.65. The minimum absolute atomic E-state index is 0.595. The molecule has 0 bridgehead atoms. The van der Waals surface area contributed by atoms with Gasteiger partial charge in [-0.1, -0.05) is 33.6 Å². The second-order valence-corrected chi connectivity index (χ2v) is 11.1. The zero-order valence-corrected chi connectivity index (χ0v) is 20.8. The first-order valence-electron chi connectivity index (χ1n) is 10.5. The zero-order valence-electron chi connectivity index (χ0n) is 17.7. The van der Waals surface area contributed by atoms with Crippen molar-refractivity contribution in [1.29, 1.82) is 0 Å². The highest BCUT2D eigenvalue weighted by molar-refractivity contribution is 7.45. The van der Waals surface area contributed by atoms with Gasteiger partial charge in [-0.2, -0.15) is 9.03 Å². The topological polar surface area (TPSA) is 112 Å². The molecule has 6 aromatic heterocycles. The van der Waals surface area contributed by atoms with Gasteiger partial charge >= 0.3 is 0 Å². The van der Waals surface area contributed by atoms with Crippen LogP contribution in [0.15, 0.2) is 48.5 Å². The molecule has 0 unspecified atom stereocenters. The van der Waals surface area contributed by atoms with Gasteiger partial charge in [0.25, 0.3) is 0 Å². The van der Waals surface area contributed by atoms with Crippen molar-refractivity contribution < 1.29 is 0 Å². The van der Waals surface area contributed by atoms with E-state index in [9.17, 15) is 0 Å². The van der Waals surface area contributed by atoms with Crippen LogP contribution < -0.4 is 0 Å². The van der Waals surface area contributed by atoms with Crippen molar-refractivity contribution >= 4 is 87.0 Å². The van der Waals surface area contributed by atoms with Crippen molar-refractivity contribution in [2.45, 2.75) is 0 Å². The minimum Gasteiger partial charge on any atom is -0.173 e. The normalized spacial score (nSPS) is 12.2. The molecule has 0 fully saturated rings. The first kappa shape index (κ1) is 20.4. The molecular weight excluding hydrogens is 539 g/mol. The molecule has 0 aliphatic heterocycles. The summed E-state index contributed by atoms with van der Waals surface area (Å²) in [6.07, 6.45) is 0. The summed E-state index contributed by atoms with van der Waals surface area (Å²) in [4.78, 5) is 0. The molecule has 8 aromatic rings. The molecule has 10 nitrogen and oxygen atoms in total. The maximum atomic E-state index is 6.03. The zero-order chi connectivity index (χ0) is 24.0. The fraction of sp³-hybridized carbons (Fsp3) is 0. The van der Waals surface area contributed by atoms with Crippen molar-refractivity contribution in [3.63, 3.8) is 0 Å². The highest BCUT2D eigenvalue weighted by Crippen LogP contribution is 2.44. The number of halogens is 2. The van der Waals surface area contributed by atoms with E-state index < -0.39 is 0 Å². The van der Waals surface area contributed by atoms with Gasteiger partial charge < -0.3 is 0 Å². The first-order valence-corrected chi connectivity index (χ1v) is 12.9. The van der Waals surface area contributed by atoms with Crippen LogP contribution in [0.25, 0.3) is 63.9 Å². The van der Waals surface area contributed by atoms with Gasteiger partial charge in [0.1, 0.15) is 20.4 Å². The van der Waals surface area contributed by atoms with Crippen LogP contribution in [0.5, 0.6) is 0 Å². The molecular formula is C22H8Cl2N10S2. The van der Waals surface area contributed by atoms with E-state index in [1.807, 2.05) is 24.3 Å². The Hall–Kier alpha value is -3.84. The predicted octanol–water partition coefficient (Wildman–Crippen LogP) is 5.58. The van der Waals surface area contributed by atoms with E-state index in [0.717, 1.165) is 29.9 Å². The molecule has 0 aliphatic carbocycles. The lowest BCUT2D eigenvalue weighted by Crippen LogP contribution is -1.99. The summed E-state index contributed by atoms with van der Waals surface area (Å²) < 4.78 is 6.08. The van der Waals surface area contributed by atoms with Crippen molar-refractivity contribution in [1.82, 2.24) is 50.0 Å². The Morgan fingerprint density at radius 1 is 0.556 bits per heavy atom. The van der Waals surface area contributed by atoms with E-state index in [1.165, 1.54) is 0 Å². The Labute approximate surface area is 217 Å². The van der Waals surface area contributed by atoms with Gasteiger partial charge in [-0.3, -0.25) is 0 Å². The van der Waals surface area contributed by atoms with E-state index in [-0.39, 0.29) is 0 Å². The molecule has 0 amide bonds. The second kappa shape index (κ2) is 7.34. The third kappa shape index (κ3) is 2.77. The molecule has 0 N–H and O–H groups in total. The standard InChI is InChI=1S/C22H8Cl2N10S2/c23-11-5-1-9(2-6-11)18-27-29-20-16-14(25-31-33(18)20)13-15-17(36-22(13)35-16)21-30-28-19(34(21)32-26-15)10-3-7-12(24)8-4-10/h1-8H. The number of hydrogen-bond acceptors (Lipinski definition) is 10. The van der Waals surface area contributed by atoms with Crippen LogP contribution in [0.4, 0.5) is 0 Å². The number of benzene rings is 2. The lowest BCUT2D eigenvalue weighted by atomic mass is 10.2. The van der Waals surface area contributed by atoms with Gasteiger partial charge in [-0.25, -0.2) is 0 Å². The SMILES string of the molecule is Clc1ccc(-c2nnc3c4sc5sc6c(nnn7c(-c8ccc(Cl)cc8)nnc67)c5c4nnn23)cc1. The summed E-state index contributed by atoms with van der Waals surface area (Å²) in [7, 11) is 0. The van der Waals surface area contributed by atoms with Crippen LogP contribution in [0.2, 0.25) is 10.0 Å². The van der Waals surface area contributed by atoms with E-state index >= 15 is 0 Å². The lowest BCUT2D eigenvalue weighted by Gasteiger charge is -2.00. The minimum atomic E-state index is 0.595. The fourth-order valence-electron chi connectivity index (χ4n) is 4.18. The maximum Gasteiger partial charge on any atom is 0.199 e. The van der Waals surface area contributed by atoms with Crippen LogP contribution in [0.3, 0.4) is 0 Å². The molecule has 0 saturated carbocycles. The Morgan fingerprint density at radius 2 is 1.00 bits per heavy atom. The van der Waals surface area contributed by atoms with Crippen molar-refractivity contribution in [3.8, 4) is 22.8 Å².